The summed E-state index contributed by atoms with van der Waals surface area (Å²) in [4.78, 5) is 4.71. The summed E-state index contributed by atoms with van der Waals surface area (Å²) in [5, 5.41) is 7.52. The molecule has 2 aliphatic rings. The Morgan fingerprint density at radius 2 is 2.15 bits per heavy atom. The van der Waals surface area contributed by atoms with Crippen molar-refractivity contribution >= 4 is 0 Å². The second kappa shape index (κ2) is 4.68. The predicted octanol–water partition coefficient (Wildman–Crippen LogP) is 1.92. The molecule has 2 heterocycles. The number of nitrogens with one attached hydrogen (secondary N) is 3. The van der Waals surface area contributed by atoms with Crippen molar-refractivity contribution in [1.82, 2.24) is 26.0 Å². The molecule has 3 N–H and O–H groups in total. The van der Waals surface area contributed by atoms with Gasteiger partial charge in [0.25, 0.3) is 0 Å². The Balaban J connectivity index is 1.62. The van der Waals surface area contributed by atoms with Crippen LogP contribution in [0, 0.1) is 6.92 Å². The van der Waals surface area contributed by atoms with E-state index in [9.17, 15) is 0 Å². The molecular weight excluding hydrogens is 250 g/mol. The summed E-state index contributed by atoms with van der Waals surface area (Å²) < 4.78 is 0. The molecule has 0 amide bonds. The monoisotopic (exact) mass is 269 g/mol. The number of hydrogen-bond donors (Lipinski definition) is 3. The average Bonchev–Trinajstić information content (AvgIpc) is 3.01. The lowest BCUT2D eigenvalue weighted by atomic mass is 9.93. The van der Waals surface area contributed by atoms with E-state index >= 15 is 0 Å². The highest BCUT2D eigenvalue weighted by Gasteiger charge is 2.34. The van der Waals surface area contributed by atoms with E-state index in [0.717, 1.165) is 18.2 Å². The van der Waals surface area contributed by atoms with Crippen LogP contribution >= 0.6 is 0 Å². The summed E-state index contributed by atoms with van der Waals surface area (Å²) in [6, 6.07) is 8.88. The maximum absolute atomic E-state index is 4.71. The van der Waals surface area contributed by atoms with Gasteiger partial charge in [0, 0.05) is 12.5 Å². The van der Waals surface area contributed by atoms with Gasteiger partial charge in [-0.15, -0.1) is 0 Å². The quantitative estimate of drug-likeness (QED) is 0.796. The third-order valence-electron chi connectivity index (χ3n) is 4.20. The van der Waals surface area contributed by atoms with Crippen LogP contribution in [0.4, 0.5) is 0 Å². The molecule has 1 aliphatic heterocycles. The minimum atomic E-state index is 0.245. The van der Waals surface area contributed by atoms with Crippen LogP contribution in [0.3, 0.4) is 0 Å². The Hall–Kier alpha value is -1.72. The molecule has 5 nitrogen and oxygen atoms in total. The summed E-state index contributed by atoms with van der Waals surface area (Å²) in [5.74, 6) is 2.89. The Morgan fingerprint density at radius 1 is 1.25 bits per heavy atom. The van der Waals surface area contributed by atoms with Gasteiger partial charge in [-0.1, -0.05) is 29.8 Å². The summed E-state index contributed by atoms with van der Waals surface area (Å²) in [6.07, 6.45) is 2.47. The number of hydrazine groups is 1. The molecule has 2 unspecified atom stereocenters. The highest BCUT2D eigenvalue weighted by Crippen LogP contribution is 2.39. The van der Waals surface area contributed by atoms with Crippen molar-refractivity contribution in [3.05, 3.63) is 47.0 Å². The molecule has 1 saturated carbocycles. The van der Waals surface area contributed by atoms with E-state index in [-0.39, 0.29) is 6.04 Å². The van der Waals surface area contributed by atoms with E-state index in [2.05, 4.69) is 52.2 Å². The van der Waals surface area contributed by atoms with E-state index in [1.165, 1.54) is 24.0 Å². The van der Waals surface area contributed by atoms with E-state index in [1.807, 2.05) is 0 Å². The Labute approximate surface area is 118 Å². The van der Waals surface area contributed by atoms with Gasteiger partial charge < -0.3 is 0 Å². The first-order chi connectivity index (χ1) is 9.81. The molecule has 2 atom stereocenters. The van der Waals surface area contributed by atoms with Gasteiger partial charge in [-0.05, 0) is 25.3 Å². The van der Waals surface area contributed by atoms with Crippen molar-refractivity contribution in [2.24, 2.45) is 0 Å². The van der Waals surface area contributed by atoms with Crippen LogP contribution in [0.5, 0.6) is 0 Å². The predicted molar refractivity (Wildman–Crippen MR) is 76.2 cm³/mol. The summed E-state index contributed by atoms with van der Waals surface area (Å²) in [7, 11) is 0. The van der Waals surface area contributed by atoms with E-state index in [1.54, 1.807) is 0 Å². The van der Waals surface area contributed by atoms with Crippen LogP contribution in [0.25, 0.3) is 0 Å². The first-order valence-corrected chi connectivity index (χ1v) is 7.28. The fraction of sp³-hybridized carbons (Fsp3) is 0.467. The van der Waals surface area contributed by atoms with Crippen LogP contribution in [0.15, 0.2) is 24.3 Å². The fourth-order valence-corrected chi connectivity index (χ4v) is 2.91. The van der Waals surface area contributed by atoms with Crippen LogP contribution in [0.1, 0.15) is 53.5 Å². The standard InChI is InChI=1S/C15H19N5/c1-9-3-2-4-11(7-9)13-12(8-16-18-13)15-17-14(19-20-15)10-5-6-10/h2-4,7,10,12-13,16,18H,5-6,8H2,1H3,(H,17,19,20). The second-order valence-corrected chi connectivity index (χ2v) is 5.88. The number of aromatic amines is 1. The second-order valence-electron chi connectivity index (χ2n) is 5.88. The molecule has 0 bridgehead atoms. The molecular formula is C15H19N5. The number of aromatic nitrogens is 3. The number of hydrogen-bond acceptors (Lipinski definition) is 4. The SMILES string of the molecule is Cc1cccc(C2NNCC2c2nc(C3CC3)n[nH]2)c1. The molecule has 1 saturated heterocycles. The number of H-pyrrole nitrogens is 1. The molecule has 4 rings (SSSR count). The average molecular weight is 269 g/mol. The maximum atomic E-state index is 4.71. The molecule has 5 heteroatoms. The fourth-order valence-electron chi connectivity index (χ4n) is 2.91. The van der Waals surface area contributed by atoms with Crippen LogP contribution in [0.2, 0.25) is 0 Å². The Morgan fingerprint density at radius 3 is 2.95 bits per heavy atom. The number of benzene rings is 1. The van der Waals surface area contributed by atoms with Gasteiger partial charge >= 0.3 is 0 Å². The normalized spacial score (nSPS) is 26.1. The molecule has 1 aromatic heterocycles. The van der Waals surface area contributed by atoms with Gasteiger partial charge in [-0.25, -0.2) is 10.4 Å². The summed E-state index contributed by atoms with van der Waals surface area (Å²) in [5.41, 5.74) is 9.20. The van der Waals surface area contributed by atoms with Crippen molar-refractivity contribution in [3.8, 4) is 0 Å². The van der Waals surface area contributed by atoms with Crippen molar-refractivity contribution in [3.63, 3.8) is 0 Å². The zero-order chi connectivity index (χ0) is 13.5. The van der Waals surface area contributed by atoms with Crippen LogP contribution in [-0.4, -0.2) is 21.7 Å². The maximum Gasteiger partial charge on any atom is 0.153 e. The Bertz CT molecular complexity index is 616. The first-order valence-electron chi connectivity index (χ1n) is 7.28. The topological polar surface area (TPSA) is 65.6 Å². The number of aryl methyl sites for hydroxylation is 1. The van der Waals surface area contributed by atoms with Gasteiger partial charge in [-0.2, -0.15) is 5.10 Å². The first kappa shape index (κ1) is 12.1. The highest BCUT2D eigenvalue weighted by atomic mass is 15.4. The number of nitrogens with zero attached hydrogens (tertiary/aromatic N) is 2. The van der Waals surface area contributed by atoms with Gasteiger partial charge in [0.05, 0.1) is 12.0 Å². The van der Waals surface area contributed by atoms with Gasteiger partial charge in [0.15, 0.2) is 5.82 Å². The smallest absolute Gasteiger partial charge is 0.153 e. The van der Waals surface area contributed by atoms with Crippen molar-refractivity contribution in [2.45, 2.75) is 37.6 Å². The van der Waals surface area contributed by atoms with Crippen molar-refractivity contribution in [2.75, 3.05) is 6.54 Å². The minimum Gasteiger partial charge on any atom is -0.263 e. The van der Waals surface area contributed by atoms with Crippen LogP contribution < -0.4 is 10.9 Å². The Kier molecular flexibility index (Phi) is 2.82. The van der Waals surface area contributed by atoms with Crippen molar-refractivity contribution in [1.29, 1.82) is 0 Å². The lowest BCUT2D eigenvalue weighted by Crippen LogP contribution is -2.25. The summed E-state index contributed by atoms with van der Waals surface area (Å²) >= 11 is 0. The highest BCUT2D eigenvalue weighted by molar-refractivity contribution is 5.28. The lowest BCUT2D eigenvalue weighted by Gasteiger charge is -2.17. The largest absolute Gasteiger partial charge is 0.263 e. The zero-order valence-electron chi connectivity index (χ0n) is 11.6. The molecule has 20 heavy (non-hydrogen) atoms. The minimum absolute atomic E-state index is 0.245. The molecule has 2 fully saturated rings. The van der Waals surface area contributed by atoms with E-state index < -0.39 is 0 Å². The zero-order valence-corrected chi connectivity index (χ0v) is 11.6. The molecule has 1 aromatic carbocycles. The van der Waals surface area contributed by atoms with Gasteiger partial charge in [0.1, 0.15) is 5.82 Å². The molecule has 0 radical (unpaired) electrons. The van der Waals surface area contributed by atoms with E-state index in [0.29, 0.717) is 11.8 Å². The molecule has 0 spiro atoms. The molecule has 2 aromatic rings. The number of rotatable bonds is 3. The van der Waals surface area contributed by atoms with Gasteiger partial charge in [0.2, 0.25) is 0 Å². The third kappa shape index (κ3) is 2.13. The molecule has 104 valence electrons. The van der Waals surface area contributed by atoms with E-state index in [4.69, 9.17) is 4.98 Å². The summed E-state index contributed by atoms with van der Waals surface area (Å²) in [6.45, 7) is 3.00. The third-order valence-corrected chi connectivity index (χ3v) is 4.20. The van der Waals surface area contributed by atoms with Crippen molar-refractivity contribution < 1.29 is 0 Å². The lowest BCUT2D eigenvalue weighted by molar-refractivity contribution is 0.542. The van der Waals surface area contributed by atoms with Crippen LogP contribution in [-0.2, 0) is 0 Å². The van der Waals surface area contributed by atoms with Gasteiger partial charge in [-0.3, -0.25) is 10.5 Å². The molecule has 1 aliphatic carbocycles.